The van der Waals surface area contributed by atoms with Crippen LogP contribution in [0.25, 0.3) is 0 Å². The molecule has 0 aliphatic carbocycles. The van der Waals surface area contributed by atoms with E-state index < -0.39 is 0 Å². The highest BCUT2D eigenvalue weighted by Crippen LogP contribution is 2.26. The average molecular weight is 265 g/mol. The molecule has 0 fully saturated rings. The van der Waals surface area contributed by atoms with Gasteiger partial charge < -0.3 is 10.6 Å². The predicted octanol–water partition coefficient (Wildman–Crippen LogP) is 2.79. The fourth-order valence-corrected chi connectivity index (χ4v) is 1.98. The van der Waals surface area contributed by atoms with Gasteiger partial charge in [-0.2, -0.15) is 5.10 Å². The highest BCUT2D eigenvalue weighted by Gasteiger charge is 2.13. The Morgan fingerprint density at radius 3 is 2.33 bits per heavy atom. The summed E-state index contributed by atoms with van der Waals surface area (Å²) in [5.74, 6) is 0.501. The van der Waals surface area contributed by atoms with Crippen LogP contribution in [0.3, 0.4) is 0 Å². The molecule has 0 saturated heterocycles. The van der Waals surface area contributed by atoms with Crippen molar-refractivity contribution < 1.29 is 0 Å². The van der Waals surface area contributed by atoms with Crippen LogP contribution in [0.15, 0.2) is 30.5 Å². The molecule has 1 aromatic carbocycles. The maximum atomic E-state index is 5.91. The van der Waals surface area contributed by atoms with Crippen LogP contribution < -0.4 is 10.6 Å². The molecule has 1 aromatic heterocycles. The van der Waals surface area contributed by atoms with Crippen molar-refractivity contribution in [3.05, 3.63) is 41.0 Å². The summed E-state index contributed by atoms with van der Waals surface area (Å²) < 4.78 is 1.73. The second-order valence-electron chi connectivity index (χ2n) is 4.48. The number of benzene rings is 1. The Labute approximate surface area is 112 Å². The third-order valence-corrected chi connectivity index (χ3v) is 3.34. The minimum absolute atomic E-state index is 0.0636. The Morgan fingerprint density at radius 2 is 1.89 bits per heavy atom. The first-order chi connectivity index (χ1) is 8.50. The number of halogens is 1. The second-order valence-corrected chi connectivity index (χ2v) is 4.89. The van der Waals surface area contributed by atoms with E-state index in [2.05, 4.69) is 34.3 Å². The number of nitrogens with two attached hydrogens (primary N) is 1. The minimum Gasteiger partial charge on any atom is -0.383 e. The molecular formula is C13H17ClN4. The monoisotopic (exact) mass is 264 g/mol. The van der Waals surface area contributed by atoms with E-state index in [-0.39, 0.29) is 6.04 Å². The maximum absolute atomic E-state index is 5.91. The summed E-state index contributed by atoms with van der Waals surface area (Å²) in [7, 11) is 4.04. The van der Waals surface area contributed by atoms with Crippen molar-refractivity contribution in [3.8, 4) is 0 Å². The van der Waals surface area contributed by atoms with Crippen LogP contribution in [-0.2, 0) is 0 Å². The van der Waals surface area contributed by atoms with Gasteiger partial charge in [-0.1, -0.05) is 23.7 Å². The van der Waals surface area contributed by atoms with E-state index in [4.69, 9.17) is 17.3 Å². The van der Waals surface area contributed by atoms with E-state index in [9.17, 15) is 0 Å². The summed E-state index contributed by atoms with van der Waals surface area (Å²) in [5, 5.41) is 4.69. The fourth-order valence-electron chi connectivity index (χ4n) is 1.85. The molecule has 0 spiro atoms. The highest BCUT2D eigenvalue weighted by atomic mass is 35.5. The molecule has 5 heteroatoms. The molecule has 2 rings (SSSR count). The van der Waals surface area contributed by atoms with Gasteiger partial charge in [0.05, 0.1) is 12.2 Å². The zero-order chi connectivity index (χ0) is 13.3. The molecular weight excluding hydrogens is 248 g/mol. The molecule has 0 aliphatic rings. The third-order valence-electron chi connectivity index (χ3n) is 3.05. The summed E-state index contributed by atoms with van der Waals surface area (Å²) in [6.07, 6.45) is 1.57. The van der Waals surface area contributed by atoms with E-state index in [1.54, 1.807) is 10.9 Å². The summed E-state index contributed by atoms with van der Waals surface area (Å²) in [6.45, 7) is 2.05. The Bertz CT molecular complexity index is 530. The zero-order valence-corrected chi connectivity index (χ0v) is 11.5. The standard InChI is InChI=1S/C13H17ClN4/c1-9(18-13(15)12(14)8-16-18)10-4-6-11(7-5-10)17(2)3/h4-9H,15H2,1-3H3. The van der Waals surface area contributed by atoms with Crippen molar-refractivity contribution in [2.45, 2.75) is 13.0 Å². The molecule has 1 unspecified atom stereocenters. The van der Waals surface area contributed by atoms with Crippen molar-refractivity contribution in [1.29, 1.82) is 0 Å². The molecule has 4 nitrogen and oxygen atoms in total. The van der Waals surface area contributed by atoms with Crippen molar-refractivity contribution >= 4 is 23.1 Å². The molecule has 18 heavy (non-hydrogen) atoms. The van der Waals surface area contributed by atoms with Gasteiger partial charge in [-0.15, -0.1) is 0 Å². The molecule has 0 radical (unpaired) electrons. The lowest BCUT2D eigenvalue weighted by Crippen LogP contribution is -2.12. The number of anilines is 2. The lowest BCUT2D eigenvalue weighted by atomic mass is 10.1. The minimum atomic E-state index is 0.0636. The molecule has 2 aromatic rings. The number of aromatic nitrogens is 2. The van der Waals surface area contributed by atoms with E-state index >= 15 is 0 Å². The van der Waals surface area contributed by atoms with Crippen LogP contribution in [0.4, 0.5) is 11.5 Å². The van der Waals surface area contributed by atoms with Crippen molar-refractivity contribution in [2.24, 2.45) is 0 Å². The summed E-state index contributed by atoms with van der Waals surface area (Å²) in [5.41, 5.74) is 8.19. The van der Waals surface area contributed by atoms with Gasteiger partial charge in [0, 0.05) is 19.8 Å². The second kappa shape index (κ2) is 4.90. The molecule has 0 bridgehead atoms. The quantitative estimate of drug-likeness (QED) is 0.927. The largest absolute Gasteiger partial charge is 0.383 e. The number of hydrogen-bond donors (Lipinski definition) is 1. The van der Waals surface area contributed by atoms with Gasteiger partial charge in [0.2, 0.25) is 0 Å². The Hall–Kier alpha value is -1.68. The van der Waals surface area contributed by atoms with Gasteiger partial charge in [-0.25, -0.2) is 4.68 Å². The van der Waals surface area contributed by atoms with Gasteiger partial charge in [-0.3, -0.25) is 0 Å². The van der Waals surface area contributed by atoms with Crippen LogP contribution in [-0.4, -0.2) is 23.9 Å². The summed E-state index contributed by atoms with van der Waals surface area (Å²) >= 11 is 5.91. The lowest BCUT2D eigenvalue weighted by molar-refractivity contribution is 0.573. The number of rotatable bonds is 3. The fraction of sp³-hybridized carbons (Fsp3) is 0.308. The lowest BCUT2D eigenvalue weighted by Gasteiger charge is -2.17. The summed E-state index contributed by atoms with van der Waals surface area (Å²) in [6, 6.07) is 8.37. The number of hydrogen-bond acceptors (Lipinski definition) is 3. The van der Waals surface area contributed by atoms with Crippen molar-refractivity contribution in [1.82, 2.24) is 9.78 Å². The first kappa shape index (κ1) is 12.8. The van der Waals surface area contributed by atoms with Gasteiger partial charge in [0.15, 0.2) is 0 Å². The smallest absolute Gasteiger partial charge is 0.141 e. The number of nitrogen functional groups attached to an aromatic ring is 1. The summed E-state index contributed by atoms with van der Waals surface area (Å²) in [4.78, 5) is 2.06. The third kappa shape index (κ3) is 2.29. The van der Waals surface area contributed by atoms with Crippen molar-refractivity contribution in [2.75, 3.05) is 24.7 Å². The molecule has 1 atom stereocenters. The first-order valence-electron chi connectivity index (χ1n) is 5.76. The van der Waals surface area contributed by atoms with E-state index in [0.29, 0.717) is 10.8 Å². The van der Waals surface area contributed by atoms with E-state index in [1.807, 2.05) is 21.0 Å². The maximum Gasteiger partial charge on any atom is 0.141 e. The van der Waals surface area contributed by atoms with Crippen LogP contribution in [0.2, 0.25) is 5.02 Å². The normalized spacial score (nSPS) is 12.4. The van der Waals surface area contributed by atoms with E-state index in [1.165, 1.54) is 0 Å². The average Bonchev–Trinajstić information content (AvgIpc) is 2.69. The van der Waals surface area contributed by atoms with Gasteiger partial charge in [0.25, 0.3) is 0 Å². The van der Waals surface area contributed by atoms with Gasteiger partial charge in [-0.05, 0) is 24.6 Å². The molecule has 0 saturated carbocycles. The molecule has 0 amide bonds. The Balaban J connectivity index is 2.29. The van der Waals surface area contributed by atoms with E-state index in [0.717, 1.165) is 11.3 Å². The molecule has 1 heterocycles. The van der Waals surface area contributed by atoms with Gasteiger partial charge >= 0.3 is 0 Å². The van der Waals surface area contributed by atoms with Crippen LogP contribution in [0.1, 0.15) is 18.5 Å². The Kier molecular flexibility index (Phi) is 3.48. The molecule has 2 N–H and O–H groups in total. The first-order valence-corrected chi connectivity index (χ1v) is 6.14. The Morgan fingerprint density at radius 1 is 1.28 bits per heavy atom. The zero-order valence-electron chi connectivity index (χ0n) is 10.8. The molecule has 0 aliphatic heterocycles. The predicted molar refractivity (Wildman–Crippen MR) is 76.2 cm³/mol. The van der Waals surface area contributed by atoms with Crippen LogP contribution >= 0.6 is 11.6 Å². The SMILES string of the molecule is CC(c1ccc(N(C)C)cc1)n1ncc(Cl)c1N. The van der Waals surface area contributed by atoms with Gasteiger partial charge in [0.1, 0.15) is 10.8 Å². The van der Waals surface area contributed by atoms with Crippen LogP contribution in [0, 0.1) is 0 Å². The highest BCUT2D eigenvalue weighted by molar-refractivity contribution is 6.32. The molecule has 96 valence electrons. The van der Waals surface area contributed by atoms with Crippen molar-refractivity contribution in [3.63, 3.8) is 0 Å². The van der Waals surface area contributed by atoms with Crippen LogP contribution in [0.5, 0.6) is 0 Å². The number of nitrogens with zero attached hydrogens (tertiary/aromatic N) is 3. The topological polar surface area (TPSA) is 47.1 Å².